The van der Waals surface area contributed by atoms with E-state index in [1.807, 2.05) is 59.7 Å². The molecule has 0 atom stereocenters. The lowest BCUT2D eigenvalue weighted by molar-refractivity contribution is 0.409. The molecule has 7 heteroatoms. The highest BCUT2D eigenvalue weighted by Gasteiger charge is 2.31. The Labute approximate surface area is 208 Å². The molecule has 0 unspecified atom stereocenters. The molecule has 0 spiro atoms. The van der Waals surface area contributed by atoms with Gasteiger partial charge in [-0.15, -0.1) is 0 Å². The van der Waals surface area contributed by atoms with Gasteiger partial charge < -0.3 is 5.11 Å². The maximum absolute atomic E-state index is 13.6. The third kappa shape index (κ3) is 5.20. The van der Waals surface area contributed by atoms with Crippen LogP contribution < -0.4 is 5.56 Å². The van der Waals surface area contributed by atoms with E-state index in [0.717, 1.165) is 29.5 Å². The zero-order valence-electron chi connectivity index (χ0n) is 21.6. The van der Waals surface area contributed by atoms with Gasteiger partial charge in [0.05, 0.1) is 10.6 Å². The third-order valence-corrected chi connectivity index (χ3v) is 8.13. The van der Waals surface area contributed by atoms with Gasteiger partial charge in [0.2, 0.25) is 15.7 Å². The van der Waals surface area contributed by atoms with Gasteiger partial charge in [-0.3, -0.25) is 9.36 Å². The molecule has 3 aromatic rings. The van der Waals surface area contributed by atoms with Crippen molar-refractivity contribution >= 4 is 9.84 Å². The molecule has 3 rings (SSSR count). The minimum Gasteiger partial charge on any atom is -0.493 e. The maximum atomic E-state index is 13.6. The Bertz CT molecular complexity index is 1340. The lowest BCUT2D eigenvalue weighted by Crippen LogP contribution is -2.25. The summed E-state index contributed by atoms with van der Waals surface area (Å²) in [6.45, 7) is 12.2. The number of aryl methyl sites for hydroxylation is 3. The lowest BCUT2D eigenvalue weighted by Gasteiger charge is -2.22. The van der Waals surface area contributed by atoms with Gasteiger partial charge in [-0.25, -0.2) is 8.42 Å². The van der Waals surface area contributed by atoms with Gasteiger partial charge in [-0.1, -0.05) is 78.3 Å². The molecule has 0 aliphatic heterocycles. The van der Waals surface area contributed by atoms with E-state index in [-0.39, 0.29) is 10.3 Å². The fourth-order valence-electron chi connectivity index (χ4n) is 4.26. The van der Waals surface area contributed by atoms with Crippen LogP contribution in [-0.4, -0.2) is 23.1 Å². The lowest BCUT2D eigenvalue weighted by atomic mass is 9.87. The zero-order valence-corrected chi connectivity index (χ0v) is 22.4. The molecule has 1 heterocycles. The first kappa shape index (κ1) is 26.7. The van der Waals surface area contributed by atoms with Crippen molar-refractivity contribution in [2.75, 3.05) is 0 Å². The van der Waals surface area contributed by atoms with Crippen LogP contribution in [0, 0.1) is 0 Å². The normalized spacial score (nSPS) is 12.2. The molecule has 0 saturated carbocycles. The molecule has 2 aromatic carbocycles. The second-order valence-corrected chi connectivity index (χ2v) is 11.7. The van der Waals surface area contributed by atoms with Crippen LogP contribution in [0.1, 0.15) is 76.9 Å². The van der Waals surface area contributed by atoms with Crippen molar-refractivity contribution in [2.24, 2.45) is 0 Å². The number of hydrogen-bond donors (Lipinski definition) is 1. The van der Waals surface area contributed by atoms with Crippen molar-refractivity contribution in [2.45, 2.75) is 88.9 Å². The average Bonchev–Trinajstić information content (AvgIpc) is 2.81. The van der Waals surface area contributed by atoms with Crippen LogP contribution in [0.2, 0.25) is 0 Å². The number of hydrogen-bond acceptors (Lipinski definition) is 5. The molecule has 0 amide bonds. The summed E-state index contributed by atoms with van der Waals surface area (Å²) in [5.74, 6) is -0.210. The number of nitrogens with zero attached hydrogens (tertiary/aromatic N) is 2. The van der Waals surface area contributed by atoms with E-state index in [9.17, 15) is 18.3 Å². The first-order valence-corrected chi connectivity index (χ1v) is 13.8. The summed E-state index contributed by atoms with van der Waals surface area (Å²) in [6, 6.07) is 12.3. The molecule has 6 nitrogen and oxygen atoms in total. The maximum Gasteiger partial charge on any atom is 0.296 e. The number of sulfone groups is 1. The van der Waals surface area contributed by atoms with Crippen LogP contribution >= 0.6 is 0 Å². The minimum atomic E-state index is -4.32. The van der Waals surface area contributed by atoms with Crippen LogP contribution in [0.4, 0.5) is 0 Å². The largest absolute Gasteiger partial charge is 0.493 e. The molecule has 1 N–H and O–H groups in total. The standard InChI is InChI=1S/C28H36N2O4S/c1-7-10-14-23-29-26(31)25(35(33,34)22-17-15-21(16-18-22)28(4,5)6)27(32)30(23)24-19(8-2)12-11-13-20(24)9-3/h11-13,15-18,32H,7-10,14H2,1-6H3. The van der Waals surface area contributed by atoms with E-state index in [4.69, 9.17) is 0 Å². The molecule has 1 aromatic heterocycles. The molecule has 0 bridgehead atoms. The quantitative estimate of drug-likeness (QED) is 0.442. The molecule has 0 fully saturated rings. The summed E-state index contributed by atoms with van der Waals surface area (Å²) in [5, 5.41) is 11.5. The summed E-state index contributed by atoms with van der Waals surface area (Å²) < 4.78 is 28.8. The Morgan fingerprint density at radius 2 is 1.51 bits per heavy atom. The number of unbranched alkanes of at least 4 members (excludes halogenated alkanes) is 1. The first-order valence-electron chi connectivity index (χ1n) is 12.3. The Kier molecular flexibility index (Phi) is 7.90. The highest BCUT2D eigenvalue weighted by molar-refractivity contribution is 7.91. The second kappa shape index (κ2) is 10.4. The fraction of sp³-hybridized carbons (Fsp3) is 0.429. The van der Waals surface area contributed by atoms with Crippen molar-refractivity contribution in [3.63, 3.8) is 0 Å². The first-order chi connectivity index (χ1) is 16.5. The average molecular weight is 497 g/mol. The van der Waals surface area contributed by atoms with Crippen molar-refractivity contribution < 1.29 is 13.5 Å². The topological polar surface area (TPSA) is 89.3 Å². The summed E-state index contributed by atoms with van der Waals surface area (Å²) in [5.41, 5.74) is 2.47. The third-order valence-electron chi connectivity index (χ3n) is 6.34. The number of benzene rings is 2. The molecule has 0 aliphatic carbocycles. The Morgan fingerprint density at radius 3 is 2.00 bits per heavy atom. The molecule has 0 saturated heterocycles. The van der Waals surface area contributed by atoms with Crippen LogP contribution in [-0.2, 0) is 34.5 Å². The predicted molar refractivity (Wildman–Crippen MR) is 139 cm³/mol. The van der Waals surface area contributed by atoms with E-state index in [0.29, 0.717) is 30.8 Å². The van der Waals surface area contributed by atoms with E-state index >= 15 is 0 Å². The monoisotopic (exact) mass is 496 g/mol. The summed E-state index contributed by atoms with van der Waals surface area (Å²) >= 11 is 0. The number of aromatic hydroxyl groups is 1. The Hall–Kier alpha value is -2.93. The molecule has 35 heavy (non-hydrogen) atoms. The smallest absolute Gasteiger partial charge is 0.296 e. The molecule has 0 radical (unpaired) electrons. The van der Waals surface area contributed by atoms with Gasteiger partial charge in [0, 0.05) is 6.42 Å². The Morgan fingerprint density at radius 1 is 0.943 bits per heavy atom. The van der Waals surface area contributed by atoms with Gasteiger partial charge >= 0.3 is 0 Å². The van der Waals surface area contributed by atoms with Gasteiger partial charge in [0.25, 0.3) is 5.56 Å². The van der Waals surface area contributed by atoms with Crippen LogP contribution in [0.3, 0.4) is 0 Å². The molecule has 0 aliphatic rings. The summed E-state index contributed by atoms with van der Waals surface area (Å²) in [6.07, 6.45) is 3.42. The van der Waals surface area contributed by atoms with Crippen molar-refractivity contribution in [3.05, 3.63) is 75.3 Å². The van der Waals surface area contributed by atoms with Crippen LogP contribution in [0.5, 0.6) is 5.88 Å². The van der Waals surface area contributed by atoms with Crippen LogP contribution in [0.25, 0.3) is 5.69 Å². The van der Waals surface area contributed by atoms with E-state index in [1.165, 1.54) is 16.7 Å². The number of aromatic nitrogens is 2. The summed E-state index contributed by atoms with van der Waals surface area (Å²) in [4.78, 5) is 16.6. The van der Waals surface area contributed by atoms with Gasteiger partial charge in [0.15, 0.2) is 4.90 Å². The SMILES string of the molecule is CCCCc1nc(=O)c(S(=O)(=O)c2ccc(C(C)(C)C)cc2)c(O)n1-c1c(CC)cccc1CC. The number of rotatable bonds is 8. The van der Waals surface area contributed by atoms with Crippen LogP contribution in [0.15, 0.2) is 57.1 Å². The van der Waals surface area contributed by atoms with Crippen molar-refractivity contribution in [3.8, 4) is 11.6 Å². The second-order valence-electron chi connectivity index (χ2n) is 9.83. The highest BCUT2D eigenvalue weighted by atomic mass is 32.2. The Balaban J connectivity index is 2.34. The van der Waals surface area contributed by atoms with Gasteiger partial charge in [-0.05, 0) is 53.5 Å². The van der Waals surface area contributed by atoms with E-state index in [1.54, 1.807) is 12.1 Å². The number of para-hydroxylation sites is 1. The molecule has 188 valence electrons. The van der Waals surface area contributed by atoms with Crippen molar-refractivity contribution in [1.82, 2.24) is 9.55 Å². The predicted octanol–water partition coefficient (Wildman–Crippen LogP) is 5.54. The van der Waals surface area contributed by atoms with E-state index < -0.39 is 26.2 Å². The summed E-state index contributed by atoms with van der Waals surface area (Å²) in [7, 11) is -4.32. The van der Waals surface area contributed by atoms with Gasteiger partial charge in [-0.2, -0.15) is 4.98 Å². The fourth-order valence-corrected chi connectivity index (χ4v) is 5.60. The van der Waals surface area contributed by atoms with Crippen molar-refractivity contribution in [1.29, 1.82) is 0 Å². The molecular formula is C28H36N2O4S. The van der Waals surface area contributed by atoms with E-state index in [2.05, 4.69) is 4.98 Å². The highest BCUT2D eigenvalue weighted by Crippen LogP contribution is 2.33. The minimum absolute atomic E-state index is 0.0490. The zero-order chi connectivity index (χ0) is 26.0. The van der Waals surface area contributed by atoms with Gasteiger partial charge in [0.1, 0.15) is 5.82 Å². The molecular weight excluding hydrogens is 460 g/mol.